The van der Waals surface area contributed by atoms with Gasteiger partial charge in [0.05, 0.1) is 0 Å². The van der Waals surface area contributed by atoms with E-state index in [0.29, 0.717) is 0 Å². The number of hydrogen-bond acceptors (Lipinski definition) is 3. The summed E-state index contributed by atoms with van der Waals surface area (Å²) in [5.74, 6) is 0. The molecule has 0 spiro atoms. The Labute approximate surface area is 27.9 Å². The molecule has 4 heteroatoms. The van der Waals surface area contributed by atoms with Gasteiger partial charge < -0.3 is 10.3 Å². The van der Waals surface area contributed by atoms with Gasteiger partial charge in [-0.05, 0) is 0 Å². The van der Waals surface area contributed by atoms with E-state index in [2.05, 4.69) is 14.9 Å². The Bertz CT molecular complexity index is 89.1. The Balaban J connectivity index is 2.83. The van der Waals surface area contributed by atoms with Gasteiger partial charge in [-0.25, -0.2) is 0 Å². The van der Waals surface area contributed by atoms with Crippen molar-refractivity contribution in [2.45, 2.75) is 0 Å². The Hall–Kier alpha value is -0.930. The molecule has 0 saturated heterocycles. The SMILES string of the molecule is Nc1n[nH]o1. The zero-order valence-electron chi connectivity index (χ0n) is 2.43. The molecule has 0 bridgehead atoms. The van der Waals surface area contributed by atoms with Crippen molar-refractivity contribution in [3.63, 3.8) is 0 Å². The van der Waals surface area contributed by atoms with E-state index in [-0.39, 0.29) is 6.01 Å². The van der Waals surface area contributed by atoms with Gasteiger partial charge in [-0.2, -0.15) is 0 Å². The molecule has 1 heterocycles. The molecule has 0 aliphatic heterocycles. The highest BCUT2D eigenvalue weighted by atomic mass is 16.5. The van der Waals surface area contributed by atoms with Crippen LogP contribution in [0, 0.1) is 0 Å². The van der Waals surface area contributed by atoms with Gasteiger partial charge in [0.25, 0.3) is 0 Å². The fourth-order valence-electron chi connectivity index (χ4n) is 0.0983. The molecule has 0 atom stereocenters. The molecule has 0 aromatic carbocycles. The molecule has 0 saturated carbocycles. The number of nitrogens with zero attached hydrogens (tertiary/aromatic N) is 1. The lowest BCUT2D eigenvalue weighted by molar-refractivity contribution is 0.307. The average Bonchev–Trinajstić information content (AvgIpc) is 1.30. The van der Waals surface area contributed by atoms with Crippen molar-refractivity contribution in [2.24, 2.45) is 0 Å². The second kappa shape index (κ2) is 0.512. The molecule has 0 fully saturated rings. The number of nitrogens with one attached hydrogen (secondary N) is 1. The Kier molecular flexibility index (Phi) is 0.237. The monoisotopic (exact) mass is 73.0 g/mol. The maximum Gasteiger partial charge on any atom is 0.335 e. The topological polar surface area (TPSA) is 67.8 Å². The molecular formula is CH3N3O. The first kappa shape index (κ1) is 2.32. The van der Waals surface area contributed by atoms with Crippen LogP contribution in [0.4, 0.5) is 6.01 Å². The molecule has 1 aromatic heterocycles. The molecule has 4 nitrogen and oxygen atoms in total. The molecule has 5 heavy (non-hydrogen) atoms. The summed E-state index contributed by atoms with van der Waals surface area (Å²) in [5, 5.41) is 5.42. The fourth-order valence-corrected chi connectivity index (χ4v) is 0.0983. The van der Waals surface area contributed by atoms with Gasteiger partial charge in [-0.1, -0.05) is 5.10 Å². The predicted molar refractivity (Wildman–Crippen MR) is 15.3 cm³/mol. The van der Waals surface area contributed by atoms with Crippen LogP contribution in [0.3, 0.4) is 0 Å². The Morgan fingerprint density at radius 1 is 2.00 bits per heavy atom. The maximum atomic E-state index is 4.84. The van der Waals surface area contributed by atoms with Gasteiger partial charge in [0.2, 0.25) is 0 Å². The van der Waals surface area contributed by atoms with Crippen LogP contribution in [0.5, 0.6) is 0 Å². The van der Waals surface area contributed by atoms with E-state index in [0.717, 1.165) is 0 Å². The summed E-state index contributed by atoms with van der Waals surface area (Å²) in [7, 11) is 0. The quantitative estimate of drug-likeness (QED) is 0.438. The minimum absolute atomic E-state index is 0.199. The first-order chi connectivity index (χ1) is 2.39. The second-order valence-electron chi connectivity index (χ2n) is 0.643. The van der Waals surface area contributed by atoms with Gasteiger partial charge in [-0.3, -0.25) is 0 Å². The van der Waals surface area contributed by atoms with E-state index in [9.17, 15) is 0 Å². The molecule has 0 unspecified atom stereocenters. The third kappa shape index (κ3) is 0.137. The van der Waals surface area contributed by atoms with Crippen molar-refractivity contribution < 1.29 is 4.52 Å². The third-order valence-electron chi connectivity index (χ3n) is 0.306. The first-order valence-corrected chi connectivity index (χ1v) is 1.14. The van der Waals surface area contributed by atoms with Gasteiger partial charge in [0, 0.05) is 0 Å². The van der Waals surface area contributed by atoms with Crippen LogP contribution < -0.4 is 5.73 Å². The van der Waals surface area contributed by atoms with Crippen LogP contribution in [0.25, 0.3) is 0 Å². The van der Waals surface area contributed by atoms with Gasteiger partial charge in [0.1, 0.15) is 0 Å². The van der Waals surface area contributed by atoms with Gasteiger partial charge in [-0.15, -0.1) is 5.27 Å². The zero-order valence-corrected chi connectivity index (χ0v) is 2.43. The summed E-state index contributed by atoms with van der Waals surface area (Å²) in [5.41, 5.74) is 4.84. The number of H-pyrrole nitrogens is 1. The third-order valence-corrected chi connectivity index (χ3v) is 0.306. The minimum Gasteiger partial charge on any atom is -0.350 e. The molecule has 1 aromatic rings. The average molecular weight is 73.1 g/mol. The van der Waals surface area contributed by atoms with Crippen molar-refractivity contribution in [1.82, 2.24) is 10.4 Å². The minimum atomic E-state index is 0.199. The van der Waals surface area contributed by atoms with Crippen molar-refractivity contribution in [3.05, 3.63) is 0 Å². The number of hydrogen-bond donors (Lipinski definition) is 2. The number of anilines is 1. The molecule has 1 rings (SSSR count). The Morgan fingerprint density at radius 3 is 2.40 bits per heavy atom. The van der Waals surface area contributed by atoms with Gasteiger partial charge >= 0.3 is 6.01 Å². The lowest BCUT2D eigenvalue weighted by atomic mass is 11.2. The van der Waals surface area contributed by atoms with Gasteiger partial charge in [0.15, 0.2) is 0 Å². The van der Waals surface area contributed by atoms with E-state index >= 15 is 0 Å². The number of aromatic amines is 1. The second-order valence-corrected chi connectivity index (χ2v) is 0.643. The highest BCUT2D eigenvalue weighted by Crippen LogP contribution is 1.85. The summed E-state index contributed by atoms with van der Waals surface area (Å²) in [4.78, 5) is 0. The van der Waals surface area contributed by atoms with E-state index in [1.165, 1.54) is 0 Å². The highest BCUT2D eigenvalue weighted by Gasteiger charge is 1.81. The standard InChI is InChI=1S/CH3N3O/c2-1-3-4-5-1/h4H,(H2,2,3). The smallest absolute Gasteiger partial charge is 0.335 e. The molecule has 28 valence electrons. The molecular weight excluding hydrogens is 70.0 g/mol. The Morgan fingerprint density at radius 2 is 2.40 bits per heavy atom. The summed E-state index contributed by atoms with van der Waals surface area (Å²) in [6.07, 6.45) is 0. The summed E-state index contributed by atoms with van der Waals surface area (Å²) in [6, 6.07) is 0.199. The summed E-state index contributed by atoms with van der Waals surface area (Å²) < 4.78 is 4.21. The number of nitrogen functional groups attached to an aromatic ring is 1. The van der Waals surface area contributed by atoms with Crippen LogP contribution in [0.1, 0.15) is 0 Å². The zero-order chi connectivity index (χ0) is 3.70. The summed E-state index contributed by atoms with van der Waals surface area (Å²) >= 11 is 0. The largest absolute Gasteiger partial charge is 0.350 e. The first-order valence-electron chi connectivity index (χ1n) is 1.14. The van der Waals surface area contributed by atoms with Crippen LogP contribution >= 0.6 is 0 Å². The normalized spacial score (nSPS) is 8.80. The van der Waals surface area contributed by atoms with E-state index in [4.69, 9.17) is 5.73 Å². The van der Waals surface area contributed by atoms with E-state index < -0.39 is 0 Å². The predicted octanol–water partition coefficient (Wildman–Crippen LogP) is -0.415. The van der Waals surface area contributed by atoms with Crippen LogP contribution in [0.15, 0.2) is 4.52 Å². The highest BCUT2D eigenvalue weighted by molar-refractivity contribution is 5.00. The van der Waals surface area contributed by atoms with E-state index in [1.807, 2.05) is 0 Å². The number of nitrogens with two attached hydrogens (primary N) is 1. The lowest BCUT2D eigenvalue weighted by Gasteiger charge is -1.86. The molecule has 0 aliphatic rings. The van der Waals surface area contributed by atoms with Crippen molar-refractivity contribution >= 4 is 6.01 Å². The fraction of sp³-hybridized carbons (Fsp3) is 0. The van der Waals surface area contributed by atoms with Crippen molar-refractivity contribution in [1.29, 1.82) is 0 Å². The maximum absolute atomic E-state index is 4.84. The van der Waals surface area contributed by atoms with Crippen LogP contribution in [0.2, 0.25) is 0 Å². The summed E-state index contributed by atoms with van der Waals surface area (Å²) in [6.45, 7) is 0. The van der Waals surface area contributed by atoms with Crippen molar-refractivity contribution in [3.8, 4) is 0 Å². The number of aromatic nitrogens is 2. The molecule has 3 N–H and O–H groups in total. The molecule has 0 radical (unpaired) electrons. The lowest BCUT2D eigenvalue weighted by Crippen LogP contribution is -1.95. The van der Waals surface area contributed by atoms with Crippen LogP contribution in [-0.2, 0) is 0 Å². The molecule has 0 aliphatic carbocycles. The van der Waals surface area contributed by atoms with Crippen molar-refractivity contribution in [2.75, 3.05) is 5.73 Å². The van der Waals surface area contributed by atoms with E-state index in [1.54, 1.807) is 0 Å². The number of rotatable bonds is 0. The van der Waals surface area contributed by atoms with Crippen LogP contribution in [-0.4, -0.2) is 10.4 Å². The molecule has 0 amide bonds.